The smallest absolute Gasteiger partial charge is 0.118 e. The van der Waals surface area contributed by atoms with Crippen LogP contribution in [0.5, 0.6) is 5.75 Å². The molecule has 0 amide bonds. The monoisotopic (exact) mass is 292 g/mol. The second kappa shape index (κ2) is 7.25. The molecule has 0 aliphatic carbocycles. The van der Waals surface area contributed by atoms with Crippen molar-refractivity contribution in [2.75, 3.05) is 27.2 Å². The molecule has 4 nitrogen and oxygen atoms in total. The molecule has 0 bridgehead atoms. The lowest BCUT2D eigenvalue weighted by atomic mass is 9.89. The second-order valence-corrected chi connectivity index (χ2v) is 6.31. The Morgan fingerprint density at radius 2 is 2.00 bits per heavy atom. The Labute approximate surface area is 128 Å². The molecule has 1 aliphatic rings. The van der Waals surface area contributed by atoms with Crippen LogP contribution in [0.25, 0.3) is 0 Å². The van der Waals surface area contributed by atoms with Gasteiger partial charge in [-0.15, -0.1) is 0 Å². The number of benzene rings is 1. The van der Waals surface area contributed by atoms with Gasteiger partial charge in [-0.2, -0.15) is 0 Å². The predicted octanol–water partition coefficient (Wildman–Crippen LogP) is 2.05. The summed E-state index contributed by atoms with van der Waals surface area (Å²) < 4.78 is 5.14. The number of hydrogen-bond donors (Lipinski definition) is 2. The summed E-state index contributed by atoms with van der Waals surface area (Å²) in [6.07, 6.45) is 0.658. The molecule has 2 N–H and O–H groups in total. The van der Waals surface area contributed by atoms with Crippen molar-refractivity contribution in [2.24, 2.45) is 5.92 Å². The maximum atomic E-state index is 10.3. The Hall–Kier alpha value is -1.10. The van der Waals surface area contributed by atoms with Crippen LogP contribution in [0.4, 0.5) is 0 Å². The highest BCUT2D eigenvalue weighted by Crippen LogP contribution is 2.22. The maximum Gasteiger partial charge on any atom is 0.118 e. The number of methoxy groups -OCH3 is 1. The standard InChI is InChI=1S/C17H28N2O2/c1-12-11-19(3)13(2)9-16(12)18-10-17(20)14-5-7-15(21-4)8-6-14/h5-8,12-13,16-18,20H,9-11H2,1-4H3. The van der Waals surface area contributed by atoms with Gasteiger partial charge in [0.1, 0.15) is 5.75 Å². The van der Waals surface area contributed by atoms with Crippen LogP contribution in [0.3, 0.4) is 0 Å². The van der Waals surface area contributed by atoms with Gasteiger partial charge in [0, 0.05) is 25.2 Å². The van der Waals surface area contributed by atoms with Gasteiger partial charge in [-0.1, -0.05) is 19.1 Å². The fraction of sp³-hybridized carbons (Fsp3) is 0.647. The molecule has 0 aromatic heterocycles. The van der Waals surface area contributed by atoms with Gasteiger partial charge in [-0.05, 0) is 44.0 Å². The zero-order chi connectivity index (χ0) is 15.4. The summed E-state index contributed by atoms with van der Waals surface area (Å²) in [6, 6.07) is 8.69. The third-order valence-electron chi connectivity index (χ3n) is 4.68. The molecule has 1 saturated heterocycles. The quantitative estimate of drug-likeness (QED) is 0.872. The van der Waals surface area contributed by atoms with Crippen molar-refractivity contribution in [3.63, 3.8) is 0 Å². The van der Waals surface area contributed by atoms with Crippen molar-refractivity contribution in [1.82, 2.24) is 10.2 Å². The Balaban J connectivity index is 1.86. The highest BCUT2D eigenvalue weighted by Gasteiger charge is 2.28. The van der Waals surface area contributed by atoms with Crippen molar-refractivity contribution in [3.8, 4) is 5.75 Å². The van der Waals surface area contributed by atoms with Gasteiger partial charge in [0.15, 0.2) is 0 Å². The molecular weight excluding hydrogens is 264 g/mol. The van der Waals surface area contributed by atoms with Crippen LogP contribution in [0.15, 0.2) is 24.3 Å². The molecule has 21 heavy (non-hydrogen) atoms. The molecule has 1 aliphatic heterocycles. The van der Waals surface area contributed by atoms with E-state index in [1.165, 1.54) is 0 Å². The van der Waals surface area contributed by atoms with Gasteiger partial charge in [0.2, 0.25) is 0 Å². The Bertz CT molecular complexity index is 435. The zero-order valence-electron chi connectivity index (χ0n) is 13.5. The first-order valence-electron chi connectivity index (χ1n) is 7.77. The highest BCUT2D eigenvalue weighted by atomic mass is 16.5. The van der Waals surface area contributed by atoms with Crippen molar-refractivity contribution in [3.05, 3.63) is 29.8 Å². The van der Waals surface area contributed by atoms with Gasteiger partial charge in [-0.3, -0.25) is 0 Å². The zero-order valence-corrected chi connectivity index (χ0v) is 13.5. The summed E-state index contributed by atoms with van der Waals surface area (Å²) in [5, 5.41) is 13.8. The fourth-order valence-corrected chi connectivity index (χ4v) is 3.03. The lowest BCUT2D eigenvalue weighted by Gasteiger charge is -2.40. The first kappa shape index (κ1) is 16.3. The van der Waals surface area contributed by atoms with E-state index in [9.17, 15) is 5.11 Å². The van der Waals surface area contributed by atoms with Crippen LogP contribution in [-0.4, -0.2) is 49.3 Å². The minimum Gasteiger partial charge on any atom is -0.497 e. The van der Waals surface area contributed by atoms with Crippen LogP contribution < -0.4 is 10.1 Å². The first-order valence-corrected chi connectivity index (χ1v) is 7.77. The van der Waals surface area contributed by atoms with Crippen LogP contribution in [-0.2, 0) is 0 Å². The molecule has 118 valence electrons. The molecule has 4 atom stereocenters. The number of nitrogens with zero attached hydrogens (tertiary/aromatic N) is 1. The van der Waals surface area contributed by atoms with Crippen molar-refractivity contribution >= 4 is 0 Å². The third kappa shape index (κ3) is 4.19. The van der Waals surface area contributed by atoms with E-state index >= 15 is 0 Å². The molecule has 4 heteroatoms. The average Bonchev–Trinajstić information content (AvgIpc) is 2.49. The second-order valence-electron chi connectivity index (χ2n) is 6.31. The molecule has 1 fully saturated rings. The molecule has 0 saturated carbocycles. The number of hydrogen-bond acceptors (Lipinski definition) is 4. The summed E-state index contributed by atoms with van der Waals surface area (Å²) in [6.45, 7) is 6.25. The lowest BCUT2D eigenvalue weighted by Crippen LogP contribution is -2.51. The summed E-state index contributed by atoms with van der Waals surface area (Å²) in [4.78, 5) is 2.41. The van der Waals surface area contributed by atoms with E-state index in [0.29, 0.717) is 24.5 Å². The van der Waals surface area contributed by atoms with Crippen molar-refractivity contribution in [1.29, 1.82) is 0 Å². The molecule has 1 aromatic carbocycles. The molecule has 4 unspecified atom stereocenters. The number of aliphatic hydroxyl groups is 1. The van der Waals surface area contributed by atoms with Gasteiger partial charge < -0.3 is 20.1 Å². The average molecular weight is 292 g/mol. The molecule has 2 rings (SSSR count). The number of nitrogens with one attached hydrogen (secondary N) is 1. The molecular formula is C17H28N2O2. The van der Waals surface area contributed by atoms with Crippen LogP contribution in [0, 0.1) is 5.92 Å². The minimum absolute atomic E-state index is 0.474. The molecule has 0 radical (unpaired) electrons. The van der Waals surface area contributed by atoms with E-state index in [1.54, 1.807) is 7.11 Å². The SMILES string of the molecule is COc1ccc(C(O)CNC2CC(C)N(C)CC2C)cc1. The normalized spacial score (nSPS) is 28.3. The van der Waals surface area contributed by atoms with E-state index in [4.69, 9.17) is 4.74 Å². The lowest BCUT2D eigenvalue weighted by molar-refractivity contribution is 0.106. The number of aliphatic hydroxyl groups excluding tert-OH is 1. The fourth-order valence-electron chi connectivity index (χ4n) is 3.03. The number of piperidine rings is 1. The Morgan fingerprint density at radius 1 is 1.33 bits per heavy atom. The predicted molar refractivity (Wildman–Crippen MR) is 85.6 cm³/mol. The van der Waals surface area contributed by atoms with E-state index in [0.717, 1.165) is 24.3 Å². The molecule has 1 heterocycles. The van der Waals surface area contributed by atoms with Gasteiger partial charge in [0.05, 0.1) is 13.2 Å². The van der Waals surface area contributed by atoms with Gasteiger partial charge in [0.25, 0.3) is 0 Å². The first-order chi connectivity index (χ1) is 10.0. The Morgan fingerprint density at radius 3 is 2.62 bits per heavy atom. The molecule has 1 aromatic rings. The number of ether oxygens (including phenoxy) is 1. The van der Waals surface area contributed by atoms with E-state index < -0.39 is 6.10 Å². The summed E-state index contributed by atoms with van der Waals surface area (Å²) >= 11 is 0. The van der Waals surface area contributed by atoms with Crippen LogP contribution >= 0.6 is 0 Å². The molecule has 0 spiro atoms. The van der Waals surface area contributed by atoms with E-state index in [1.807, 2.05) is 24.3 Å². The van der Waals surface area contributed by atoms with Crippen LogP contribution in [0.1, 0.15) is 31.9 Å². The third-order valence-corrected chi connectivity index (χ3v) is 4.68. The van der Waals surface area contributed by atoms with Crippen molar-refractivity contribution in [2.45, 2.75) is 38.5 Å². The Kier molecular flexibility index (Phi) is 5.62. The summed E-state index contributed by atoms with van der Waals surface area (Å²) in [7, 11) is 3.83. The van der Waals surface area contributed by atoms with Crippen LogP contribution in [0.2, 0.25) is 0 Å². The summed E-state index contributed by atoms with van der Waals surface area (Å²) in [5.74, 6) is 1.42. The van der Waals surface area contributed by atoms with E-state index in [-0.39, 0.29) is 0 Å². The number of rotatable bonds is 5. The maximum absolute atomic E-state index is 10.3. The van der Waals surface area contributed by atoms with Crippen molar-refractivity contribution < 1.29 is 9.84 Å². The highest BCUT2D eigenvalue weighted by molar-refractivity contribution is 5.28. The van der Waals surface area contributed by atoms with E-state index in [2.05, 4.69) is 31.1 Å². The van der Waals surface area contributed by atoms with Gasteiger partial charge in [-0.25, -0.2) is 0 Å². The number of likely N-dealkylation sites (tertiary alicyclic amines) is 1. The largest absolute Gasteiger partial charge is 0.497 e. The summed E-state index contributed by atoms with van der Waals surface area (Å²) in [5.41, 5.74) is 0.928. The minimum atomic E-state index is -0.474. The van der Waals surface area contributed by atoms with Gasteiger partial charge >= 0.3 is 0 Å². The topological polar surface area (TPSA) is 44.7 Å².